The van der Waals surface area contributed by atoms with Crippen molar-refractivity contribution in [1.82, 2.24) is 14.1 Å². The molecule has 0 spiro atoms. The first kappa shape index (κ1) is 29.3. The number of piperidine rings is 1. The maximum absolute atomic E-state index is 13.7. The van der Waals surface area contributed by atoms with Gasteiger partial charge in [-0.3, -0.25) is 9.59 Å². The monoisotopic (exact) mass is 553 g/mol. The van der Waals surface area contributed by atoms with Crippen molar-refractivity contribution < 1.29 is 18.0 Å². The first-order valence-corrected chi connectivity index (χ1v) is 15.9. The van der Waals surface area contributed by atoms with Crippen LogP contribution in [-0.2, 0) is 26.2 Å². The molecule has 2 aliphatic rings. The third kappa shape index (κ3) is 7.48. The van der Waals surface area contributed by atoms with Gasteiger partial charge in [0.2, 0.25) is 21.8 Å². The molecule has 1 heterocycles. The van der Waals surface area contributed by atoms with Gasteiger partial charge in [0, 0.05) is 38.1 Å². The molecule has 1 aliphatic heterocycles. The molecule has 39 heavy (non-hydrogen) atoms. The maximum atomic E-state index is 13.7. The molecule has 2 atom stereocenters. The number of sulfonamides is 1. The zero-order valence-corrected chi connectivity index (χ0v) is 24.6. The molecule has 7 nitrogen and oxygen atoms in total. The Morgan fingerprint density at radius 3 is 2.23 bits per heavy atom. The highest BCUT2D eigenvalue weighted by atomic mass is 32.2. The van der Waals surface area contributed by atoms with Gasteiger partial charge < -0.3 is 9.80 Å². The zero-order chi connectivity index (χ0) is 28.2. The molecule has 4 rings (SSSR count). The highest BCUT2D eigenvalue weighted by molar-refractivity contribution is 7.89. The minimum atomic E-state index is -3.51. The van der Waals surface area contributed by atoms with Crippen molar-refractivity contribution >= 4 is 21.8 Å². The summed E-state index contributed by atoms with van der Waals surface area (Å²) in [5, 5.41) is 0. The summed E-state index contributed by atoms with van der Waals surface area (Å²) in [6, 6.07) is 18.3. The number of aryl methyl sites for hydroxylation is 1. The number of hydrogen-bond acceptors (Lipinski definition) is 4. The smallest absolute Gasteiger partial charge is 0.238 e. The van der Waals surface area contributed by atoms with E-state index in [9.17, 15) is 18.0 Å². The minimum Gasteiger partial charge on any atom is -0.342 e. The van der Waals surface area contributed by atoms with E-state index in [2.05, 4.69) is 12.1 Å². The van der Waals surface area contributed by atoms with Gasteiger partial charge in [-0.2, -0.15) is 4.31 Å². The van der Waals surface area contributed by atoms with Crippen LogP contribution < -0.4 is 0 Å². The van der Waals surface area contributed by atoms with Crippen LogP contribution >= 0.6 is 0 Å². The number of benzene rings is 2. The van der Waals surface area contributed by atoms with Crippen molar-refractivity contribution in [2.24, 2.45) is 11.8 Å². The van der Waals surface area contributed by atoms with Gasteiger partial charge in [0.15, 0.2) is 0 Å². The van der Waals surface area contributed by atoms with Crippen molar-refractivity contribution in [1.29, 1.82) is 0 Å². The summed E-state index contributed by atoms with van der Waals surface area (Å²) in [6.45, 7) is 9.39. The summed E-state index contributed by atoms with van der Waals surface area (Å²) in [4.78, 5) is 30.8. The second kappa shape index (κ2) is 12.6. The summed E-state index contributed by atoms with van der Waals surface area (Å²) in [5.41, 5.74) is 3.40. The summed E-state index contributed by atoms with van der Waals surface area (Å²) in [7, 11) is -3.51. The van der Waals surface area contributed by atoms with E-state index in [1.54, 1.807) is 6.92 Å². The molecule has 8 heteroatoms. The standard InChI is InChI=1S/C31H43N3O4S/c1-5-39(37,38)33(20-23(2)3)22-30(35)34(21-25-13-11-24(4)12-14-25)27-15-17-32(18-16-27)31(36)29-19-28(29)26-9-7-6-8-10-26/h6-14,23,27-29H,5,15-22H2,1-4H3/t28-,29+/m1/s1. The quantitative estimate of drug-likeness (QED) is 0.413. The number of amides is 2. The molecule has 2 amide bonds. The Morgan fingerprint density at radius 1 is 1.00 bits per heavy atom. The molecule has 0 radical (unpaired) electrons. The molecule has 2 aromatic rings. The van der Waals surface area contributed by atoms with E-state index in [4.69, 9.17) is 0 Å². The van der Waals surface area contributed by atoms with E-state index in [-0.39, 0.29) is 42.0 Å². The largest absolute Gasteiger partial charge is 0.342 e. The average molecular weight is 554 g/mol. The number of carbonyl (C=O) groups is 2. The van der Waals surface area contributed by atoms with Crippen LogP contribution in [0.4, 0.5) is 0 Å². The van der Waals surface area contributed by atoms with Gasteiger partial charge in [0.25, 0.3) is 0 Å². The maximum Gasteiger partial charge on any atom is 0.238 e. The molecule has 1 aliphatic carbocycles. The van der Waals surface area contributed by atoms with Gasteiger partial charge in [0.1, 0.15) is 0 Å². The summed E-state index contributed by atoms with van der Waals surface area (Å²) in [6.07, 6.45) is 2.28. The first-order chi connectivity index (χ1) is 18.6. The van der Waals surface area contributed by atoms with Crippen molar-refractivity contribution in [3.8, 4) is 0 Å². The van der Waals surface area contributed by atoms with Crippen molar-refractivity contribution in [3.63, 3.8) is 0 Å². The number of rotatable bonds is 11. The van der Waals surface area contributed by atoms with Crippen LogP contribution in [0.1, 0.15) is 62.6 Å². The Bertz CT molecular complexity index is 1220. The lowest BCUT2D eigenvalue weighted by Gasteiger charge is -2.39. The van der Waals surface area contributed by atoms with E-state index in [1.165, 1.54) is 9.87 Å². The molecular formula is C31H43N3O4S. The van der Waals surface area contributed by atoms with Gasteiger partial charge in [-0.25, -0.2) is 8.42 Å². The molecule has 0 aromatic heterocycles. The molecule has 2 aromatic carbocycles. The van der Waals surface area contributed by atoms with Crippen molar-refractivity contribution in [3.05, 3.63) is 71.3 Å². The molecule has 1 saturated carbocycles. The van der Waals surface area contributed by atoms with Crippen LogP contribution in [0.25, 0.3) is 0 Å². The van der Waals surface area contributed by atoms with Crippen LogP contribution in [0.5, 0.6) is 0 Å². The Kier molecular flexibility index (Phi) is 9.49. The lowest BCUT2D eigenvalue weighted by Crippen LogP contribution is -2.52. The van der Waals surface area contributed by atoms with Crippen molar-refractivity contribution in [2.45, 2.75) is 65.5 Å². The Hall–Kier alpha value is -2.71. The molecule has 0 bridgehead atoms. The molecule has 1 saturated heterocycles. The molecule has 0 N–H and O–H groups in total. The van der Waals surface area contributed by atoms with Crippen LogP contribution in [0, 0.1) is 18.8 Å². The third-order valence-electron chi connectivity index (χ3n) is 7.98. The van der Waals surface area contributed by atoms with Crippen LogP contribution in [-0.4, -0.2) is 72.3 Å². The Morgan fingerprint density at radius 2 is 1.64 bits per heavy atom. The Labute approximate surface area is 234 Å². The topological polar surface area (TPSA) is 78.0 Å². The molecule has 0 unspecified atom stereocenters. The lowest BCUT2D eigenvalue weighted by atomic mass is 10.0. The fourth-order valence-corrected chi connectivity index (χ4v) is 6.79. The summed E-state index contributed by atoms with van der Waals surface area (Å²) >= 11 is 0. The summed E-state index contributed by atoms with van der Waals surface area (Å²) in [5.74, 6) is 0.485. The Balaban J connectivity index is 1.44. The number of likely N-dealkylation sites (tertiary alicyclic amines) is 1. The van der Waals surface area contributed by atoms with E-state index < -0.39 is 10.0 Å². The van der Waals surface area contributed by atoms with E-state index in [0.29, 0.717) is 44.9 Å². The van der Waals surface area contributed by atoms with Crippen LogP contribution in [0.15, 0.2) is 54.6 Å². The van der Waals surface area contributed by atoms with E-state index in [0.717, 1.165) is 17.5 Å². The van der Waals surface area contributed by atoms with Gasteiger partial charge in [-0.1, -0.05) is 74.0 Å². The fraction of sp³-hybridized carbons (Fsp3) is 0.548. The minimum absolute atomic E-state index is 0.0311. The second-order valence-corrected chi connectivity index (χ2v) is 13.8. The third-order valence-corrected chi connectivity index (χ3v) is 9.78. The van der Waals surface area contributed by atoms with Gasteiger partial charge in [-0.05, 0) is 56.1 Å². The van der Waals surface area contributed by atoms with Gasteiger partial charge in [-0.15, -0.1) is 0 Å². The first-order valence-electron chi connectivity index (χ1n) is 14.3. The zero-order valence-electron chi connectivity index (χ0n) is 23.8. The van der Waals surface area contributed by atoms with Crippen LogP contribution in [0.3, 0.4) is 0 Å². The predicted molar refractivity (Wildman–Crippen MR) is 154 cm³/mol. The van der Waals surface area contributed by atoms with Crippen molar-refractivity contribution in [2.75, 3.05) is 31.9 Å². The fourth-order valence-electron chi connectivity index (χ4n) is 5.59. The van der Waals surface area contributed by atoms with Crippen LogP contribution in [0.2, 0.25) is 0 Å². The summed E-state index contributed by atoms with van der Waals surface area (Å²) < 4.78 is 26.9. The second-order valence-electron chi connectivity index (χ2n) is 11.5. The molecule has 212 valence electrons. The van der Waals surface area contributed by atoms with Gasteiger partial charge >= 0.3 is 0 Å². The SMILES string of the molecule is CCS(=O)(=O)N(CC(=O)N(Cc1ccc(C)cc1)C1CCN(C(=O)[C@H]2C[C@@H]2c2ccccc2)CC1)CC(C)C. The van der Waals surface area contributed by atoms with E-state index in [1.807, 2.05) is 73.0 Å². The molecule has 2 fully saturated rings. The van der Waals surface area contributed by atoms with E-state index >= 15 is 0 Å². The van der Waals surface area contributed by atoms with Gasteiger partial charge in [0.05, 0.1) is 12.3 Å². The lowest BCUT2D eigenvalue weighted by molar-refractivity contribution is -0.138. The normalized spacial score (nSPS) is 19.9. The highest BCUT2D eigenvalue weighted by Crippen LogP contribution is 2.48. The number of hydrogen-bond donors (Lipinski definition) is 0. The number of nitrogens with zero attached hydrogens (tertiary/aromatic N) is 3. The number of carbonyl (C=O) groups excluding carboxylic acids is 2. The highest BCUT2D eigenvalue weighted by Gasteiger charge is 2.46. The predicted octanol–water partition coefficient (Wildman–Crippen LogP) is 4.43. The molecular weight excluding hydrogens is 510 g/mol. The average Bonchev–Trinajstić information content (AvgIpc) is 3.73.